The molecule has 0 aliphatic heterocycles. The topological polar surface area (TPSA) is 126 Å². The average Bonchev–Trinajstić information content (AvgIpc) is 2.71. The fourth-order valence-electron chi connectivity index (χ4n) is 0.844. The van der Waals surface area contributed by atoms with Gasteiger partial charge in [0.15, 0.2) is 14.2 Å². The van der Waals surface area contributed by atoms with Crippen molar-refractivity contribution in [3.63, 3.8) is 0 Å². The highest BCUT2D eigenvalue weighted by atomic mass is 32.2. The molecule has 0 saturated carbocycles. The SMILES string of the molecule is CC(C(=O)Nc1nnc(SCC(=O)O)s1)S(C)(=O)=O. The van der Waals surface area contributed by atoms with E-state index in [1.54, 1.807) is 0 Å². The first-order valence-corrected chi connectivity index (χ1v) is 8.63. The Morgan fingerprint density at radius 1 is 1.47 bits per heavy atom. The van der Waals surface area contributed by atoms with Gasteiger partial charge >= 0.3 is 5.97 Å². The second-order valence-electron chi connectivity index (χ2n) is 3.52. The lowest BCUT2D eigenvalue weighted by Crippen LogP contribution is -2.31. The molecular weight excluding hydrogens is 314 g/mol. The number of hydrogen-bond donors (Lipinski definition) is 2. The Kier molecular flexibility index (Phi) is 5.26. The Labute approximate surface area is 117 Å². The van der Waals surface area contributed by atoms with Crippen LogP contribution in [0.1, 0.15) is 6.92 Å². The largest absolute Gasteiger partial charge is 0.481 e. The summed E-state index contributed by atoms with van der Waals surface area (Å²) in [4.78, 5) is 21.9. The number of carbonyl (C=O) groups excluding carboxylic acids is 1. The van der Waals surface area contributed by atoms with E-state index in [0.717, 1.165) is 29.4 Å². The van der Waals surface area contributed by atoms with Crippen molar-refractivity contribution < 1.29 is 23.1 Å². The molecule has 1 aromatic rings. The summed E-state index contributed by atoms with van der Waals surface area (Å²) in [6.45, 7) is 1.27. The molecule has 1 heterocycles. The van der Waals surface area contributed by atoms with Crippen molar-refractivity contribution in [3.05, 3.63) is 0 Å². The van der Waals surface area contributed by atoms with Gasteiger partial charge in [0.25, 0.3) is 0 Å². The third-order valence-electron chi connectivity index (χ3n) is 1.97. The molecule has 1 rings (SSSR count). The fraction of sp³-hybridized carbons (Fsp3) is 0.500. The Bertz CT molecular complexity index is 582. The number of sulfone groups is 1. The van der Waals surface area contributed by atoms with Gasteiger partial charge in [-0.25, -0.2) is 8.42 Å². The maximum Gasteiger partial charge on any atom is 0.313 e. The van der Waals surface area contributed by atoms with E-state index in [4.69, 9.17) is 5.11 Å². The van der Waals surface area contributed by atoms with E-state index in [1.165, 1.54) is 6.92 Å². The zero-order valence-electron chi connectivity index (χ0n) is 9.98. The predicted octanol–water partition coefficient (Wildman–Crippen LogP) is 0.0864. The van der Waals surface area contributed by atoms with Gasteiger partial charge in [-0.3, -0.25) is 14.9 Å². The lowest BCUT2D eigenvalue weighted by molar-refractivity contribution is -0.133. The van der Waals surface area contributed by atoms with Gasteiger partial charge in [0, 0.05) is 6.26 Å². The molecule has 0 aromatic carbocycles. The summed E-state index contributed by atoms with van der Waals surface area (Å²) in [5, 5.41) is 17.0. The van der Waals surface area contributed by atoms with E-state index in [-0.39, 0.29) is 10.9 Å². The second kappa shape index (κ2) is 6.30. The molecule has 0 bridgehead atoms. The molecular formula is C8H11N3O5S3. The monoisotopic (exact) mass is 325 g/mol. The smallest absolute Gasteiger partial charge is 0.313 e. The van der Waals surface area contributed by atoms with Crippen LogP contribution in [0.5, 0.6) is 0 Å². The van der Waals surface area contributed by atoms with Crippen LogP contribution in [0, 0.1) is 0 Å². The Balaban J connectivity index is 2.63. The van der Waals surface area contributed by atoms with Crippen LogP contribution < -0.4 is 5.32 Å². The molecule has 0 saturated heterocycles. The molecule has 1 aromatic heterocycles. The van der Waals surface area contributed by atoms with Crippen molar-refractivity contribution in [3.8, 4) is 0 Å². The van der Waals surface area contributed by atoms with Crippen molar-refractivity contribution in [1.29, 1.82) is 0 Å². The van der Waals surface area contributed by atoms with Crippen molar-refractivity contribution in [1.82, 2.24) is 10.2 Å². The van der Waals surface area contributed by atoms with Gasteiger partial charge in [-0.2, -0.15) is 0 Å². The summed E-state index contributed by atoms with van der Waals surface area (Å²) >= 11 is 1.95. The maximum atomic E-state index is 11.6. The van der Waals surface area contributed by atoms with Crippen molar-refractivity contribution >= 4 is 49.9 Å². The maximum absolute atomic E-state index is 11.6. The van der Waals surface area contributed by atoms with Crippen molar-refractivity contribution in [2.24, 2.45) is 0 Å². The van der Waals surface area contributed by atoms with E-state index in [2.05, 4.69) is 15.5 Å². The van der Waals surface area contributed by atoms with Gasteiger partial charge in [-0.05, 0) is 6.92 Å². The number of carboxylic acid groups (broad SMARTS) is 1. The molecule has 0 spiro atoms. The van der Waals surface area contributed by atoms with Crippen LogP contribution in [0.25, 0.3) is 0 Å². The summed E-state index contributed by atoms with van der Waals surface area (Å²) in [5.41, 5.74) is 0. The number of carbonyl (C=O) groups is 2. The van der Waals surface area contributed by atoms with Crippen LogP contribution in [0.3, 0.4) is 0 Å². The van der Waals surface area contributed by atoms with Crippen molar-refractivity contribution in [2.75, 3.05) is 17.3 Å². The predicted molar refractivity (Wildman–Crippen MR) is 71.2 cm³/mol. The molecule has 0 aliphatic carbocycles. The van der Waals surface area contributed by atoms with Gasteiger partial charge in [-0.15, -0.1) is 10.2 Å². The highest BCUT2D eigenvalue weighted by Crippen LogP contribution is 2.25. The average molecular weight is 325 g/mol. The van der Waals surface area contributed by atoms with Crippen LogP contribution in [-0.2, 0) is 19.4 Å². The van der Waals surface area contributed by atoms with Crippen LogP contribution in [0.4, 0.5) is 5.13 Å². The number of aromatic nitrogens is 2. The Hall–Kier alpha value is -1.20. The first kappa shape index (κ1) is 15.9. The van der Waals surface area contributed by atoms with E-state index in [1.807, 2.05) is 0 Å². The number of rotatable bonds is 6. The number of anilines is 1. The molecule has 106 valence electrons. The van der Waals surface area contributed by atoms with Crippen LogP contribution in [0.15, 0.2) is 4.34 Å². The molecule has 19 heavy (non-hydrogen) atoms. The number of thioether (sulfide) groups is 1. The van der Waals surface area contributed by atoms with Gasteiger partial charge in [0.2, 0.25) is 11.0 Å². The molecule has 0 fully saturated rings. The van der Waals surface area contributed by atoms with E-state index in [9.17, 15) is 18.0 Å². The third-order valence-corrected chi connectivity index (χ3v) is 5.42. The quantitative estimate of drug-likeness (QED) is 0.556. The number of carboxylic acids is 1. The first-order chi connectivity index (χ1) is 8.70. The number of aliphatic carboxylic acids is 1. The summed E-state index contributed by atoms with van der Waals surface area (Å²) < 4.78 is 22.7. The van der Waals surface area contributed by atoms with Gasteiger partial charge in [-0.1, -0.05) is 23.1 Å². The molecule has 1 atom stereocenters. The number of hydrogen-bond acceptors (Lipinski definition) is 8. The Morgan fingerprint density at radius 3 is 2.63 bits per heavy atom. The zero-order chi connectivity index (χ0) is 14.6. The van der Waals surface area contributed by atoms with Crippen LogP contribution >= 0.6 is 23.1 Å². The molecule has 11 heteroatoms. The first-order valence-electron chi connectivity index (χ1n) is 4.88. The minimum absolute atomic E-state index is 0.133. The zero-order valence-corrected chi connectivity index (χ0v) is 12.4. The van der Waals surface area contributed by atoms with Gasteiger partial charge in [0.1, 0.15) is 5.25 Å². The normalized spacial score (nSPS) is 12.9. The number of nitrogens with zero attached hydrogens (tertiary/aromatic N) is 2. The molecule has 1 unspecified atom stereocenters. The highest BCUT2D eigenvalue weighted by molar-refractivity contribution is 8.01. The molecule has 2 N–H and O–H groups in total. The minimum atomic E-state index is -3.48. The van der Waals surface area contributed by atoms with Gasteiger partial charge in [0.05, 0.1) is 5.75 Å². The number of nitrogens with one attached hydrogen (secondary N) is 1. The molecule has 0 radical (unpaired) electrons. The highest BCUT2D eigenvalue weighted by Gasteiger charge is 2.24. The van der Waals surface area contributed by atoms with E-state index < -0.39 is 27.0 Å². The van der Waals surface area contributed by atoms with Crippen LogP contribution in [0.2, 0.25) is 0 Å². The van der Waals surface area contributed by atoms with Gasteiger partial charge < -0.3 is 5.11 Å². The lowest BCUT2D eigenvalue weighted by atomic mass is 10.4. The van der Waals surface area contributed by atoms with Crippen molar-refractivity contribution in [2.45, 2.75) is 16.5 Å². The summed E-state index contributed by atoms with van der Waals surface area (Å²) in [7, 11) is -3.48. The summed E-state index contributed by atoms with van der Waals surface area (Å²) in [6.07, 6.45) is 0.964. The fourth-order valence-corrected chi connectivity index (χ4v) is 2.77. The summed E-state index contributed by atoms with van der Waals surface area (Å²) in [5.74, 6) is -1.85. The summed E-state index contributed by atoms with van der Waals surface area (Å²) in [6, 6.07) is 0. The van der Waals surface area contributed by atoms with E-state index >= 15 is 0 Å². The third kappa shape index (κ3) is 5.12. The molecule has 8 nitrogen and oxygen atoms in total. The van der Waals surface area contributed by atoms with Crippen LogP contribution in [-0.4, -0.2) is 52.9 Å². The van der Waals surface area contributed by atoms with E-state index in [0.29, 0.717) is 4.34 Å². The molecule has 0 aliphatic rings. The minimum Gasteiger partial charge on any atom is -0.481 e. The molecule has 1 amide bonds. The Morgan fingerprint density at radius 2 is 2.11 bits per heavy atom. The number of amides is 1. The second-order valence-corrected chi connectivity index (χ2v) is 8.08. The lowest BCUT2D eigenvalue weighted by Gasteiger charge is -2.07. The standard InChI is InChI=1S/C8H11N3O5S3/c1-4(19(2,15)16)6(14)9-7-10-11-8(18-7)17-3-5(12)13/h4H,3H2,1-2H3,(H,12,13)(H,9,10,14).